The molecule has 0 radical (unpaired) electrons. The van der Waals surface area contributed by atoms with E-state index in [0.717, 1.165) is 0 Å². The van der Waals surface area contributed by atoms with Crippen molar-refractivity contribution in [2.45, 2.75) is 20.8 Å². The summed E-state index contributed by atoms with van der Waals surface area (Å²) in [6.45, 7) is 10.3. The number of fused-ring (bicyclic) bond motifs is 1. The van der Waals surface area contributed by atoms with Gasteiger partial charge in [-0.1, -0.05) is 6.08 Å². The lowest BCUT2D eigenvalue weighted by molar-refractivity contribution is 0.0733. The van der Waals surface area contributed by atoms with Crippen molar-refractivity contribution in [2.75, 3.05) is 26.4 Å². The van der Waals surface area contributed by atoms with Crippen molar-refractivity contribution in [2.24, 2.45) is 0 Å². The Balaban J connectivity index is 1.90. The number of carbonyl (C=O) groups is 2. The summed E-state index contributed by atoms with van der Waals surface area (Å²) in [5, 5.41) is 3.03. The normalized spacial score (nSPS) is 10.5. The predicted molar refractivity (Wildman–Crippen MR) is 130 cm³/mol. The summed E-state index contributed by atoms with van der Waals surface area (Å²) < 4.78 is 27.7. The number of hydrogen-bond acceptors (Lipinski definition) is 8. The Hall–Kier alpha value is -4.27. The molecule has 0 bridgehead atoms. The Morgan fingerprint density at radius 3 is 2.23 bits per heavy atom. The van der Waals surface area contributed by atoms with Crippen molar-refractivity contribution >= 4 is 22.8 Å². The Morgan fingerprint density at radius 1 is 0.971 bits per heavy atom. The molecule has 0 saturated heterocycles. The van der Waals surface area contributed by atoms with Crippen molar-refractivity contribution in [3.05, 3.63) is 70.6 Å². The third kappa shape index (κ3) is 6.00. The lowest BCUT2D eigenvalue weighted by Gasteiger charge is -2.16. The molecule has 3 aromatic rings. The number of ether oxygens (including phenoxy) is 4. The Labute approximate surface area is 202 Å². The largest absolute Gasteiger partial charge is 0.490 e. The van der Waals surface area contributed by atoms with E-state index in [9.17, 15) is 14.4 Å². The number of amides is 1. The van der Waals surface area contributed by atoms with Gasteiger partial charge in [-0.2, -0.15) is 0 Å². The highest BCUT2D eigenvalue weighted by Crippen LogP contribution is 2.39. The summed E-state index contributed by atoms with van der Waals surface area (Å²) in [4.78, 5) is 37.3. The Kier molecular flexibility index (Phi) is 8.50. The van der Waals surface area contributed by atoms with Gasteiger partial charge >= 0.3 is 11.6 Å². The quantitative estimate of drug-likeness (QED) is 0.188. The van der Waals surface area contributed by atoms with Crippen LogP contribution in [0.15, 0.2) is 58.3 Å². The molecule has 9 nitrogen and oxygen atoms in total. The second-order valence-corrected chi connectivity index (χ2v) is 7.14. The molecule has 0 spiro atoms. The molecule has 0 fully saturated rings. The lowest BCUT2D eigenvalue weighted by atomic mass is 10.1. The maximum absolute atomic E-state index is 12.9. The van der Waals surface area contributed by atoms with E-state index in [-0.39, 0.29) is 29.0 Å². The van der Waals surface area contributed by atoms with Crippen LogP contribution in [0.2, 0.25) is 0 Å². The predicted octanol–water partition coefficient (Wildman–Crippen LogP) is 4.12. The van der Waals surface area contributed by atoms with Gasteiger partial charge in [-0.05, 0) is 51.1 Å². The van der Waals surface area contributed by atoms with Crippen molar-refractivity contribution in [3.63, 3.8) is 0 Å². The van der Waals surface area contributed by atoms with Crippen LogP contribution in [0, 0.1) is 0 Å². The van der Waals surface area contributed by atoms with Crippen LogP contribution in [0.25, 0.3) is 11.0 Å². The number of hydrogen-bond donors (Lipinski definition) is 1. The monoisotopic (exact) mass is 481 g/mol. The van der Waals surface area contributed by atoms with Gasteiger partial charge in [0.05, 0.1) is 25.4 Å². The zero-order valence-electron chi connectivity index (χ0n) is 19.8. The number of esters is 1. The van der Waals surface area contributed by atoms with Gasteiger partial charge in [-0.15, -0.1) is 6.58 Å². The standard InChI is InChI=1S/C26H27NO8/c1-5-11-27-24(28)19-12-16-9-10-18(15-20(16)35-26(19)30)34-25(29)17-13-21(31-6-2)23(33-8-4)22(14-17)32-7-3/h5,9-10,12-15H,1,6-8,11H2,2-4H3,(H,27,28). The van der Waals surface area contributed by atoms with Gasteiger partial charge in [-0.3, -0.25) is 4.79 Å². The first-order valence-electron chi connectivity index (χ1n) is 11.2. The van der Waals surface area contributed by atoms with E-state index in [1.54, 1.807) is 6.07 Å². The highest BCUT2D eigenvalue weighted by Gasteiger charge is 2.20. The molecule has 2 aromatic carbocycles. The van der Waals surface area contributed by atoms with Crippen LogP contribution in [-0.4, -0.2) is 38.2 Å². The Morgan fingerprint density at radius 2 is 1.63 bits per heavy atom. The van der Waals surface area contributed by atoms with Crippen LogP contribution >= 0.6 is 0 Å². The molecule has 0 saturated carbocycles. The summed E-state index contributed by atoms with van der Waals surface area (Å²) in [5.74, 6) is 0.0457. The number of nitrogens with one attached hydrogen (secondary N) is 1. The van der Waals surface area contributed by atoms with Gasteiger partial charge in [0.2, 0.25) is 5.75 Å². The van der Waals surface area contributed by atoms with Crippen molar-refractivity contribution in [3.8, 4) is 23.0 Å². The lowest BCUT2D eigenvalue weighted by Crippen LogP contribution is -2.28. The summed E-state index contributed by atoms with van der Waals surface area (Å²) >= 11 is 0. The molecule has 35 heavy (non-hydrogen) atoms. The van der Waals surface area contributed by atoms with Gasteiger partial charge < -0.3 is 28.7 Å². The van der Waals surface area contributed by atoms with Crippen molar-refractivity contribution < 1.29 is 33.0 Å². The molecular formula is C26H27NO8. The molecule has 0 atom stereocenters. The van der Waals surface area contributed by atoms with E-state index in [4.69, 9.17) is 23.4 Å². The zero-order valence-corrected chi connectivity index (χ0v) is 19.8. The fraction of sp³-hybridized carbons (Fsp3) is 0.269. The fourth-order valence-electron chi connectivity index (χ4n) is 3.25. The first-order valence-corrected chi connectivity index (χ1v) is 11.2. The van der Waals surface area contributed by atoms with E-state index in [0.29, 0.717) is 42.5 Å². The SMILES string of the molecule is C=CCNC(=O)c1cc2ccc(OC(=O)c3cc(OCC)c(OCC)c(OCC)c3)cc2oc1=O. The minimum absolute atomic E-state index is 0.134. The van der Waals surface area contributed by atoms with Crippen LogP contribution < -0.4 is 29.9 Å². The highest BCUT2D eigenvalue weighted by atomic mass is 16.5. The molecule has 9 heteroatoms. The van der Waals surface area contributed by atoms with Crippen molar-refractivity contribution in [1.82, 2.24) is 5.32 Å². The van der Waals surface area contributed by atoms with Crippen LogP contribution in [0.5, 0.6) is 23.0 Å². The van der Waals surface area contributed by atoms with Crippen LogP contribution in [0.1, 0.15) is 41.5 Å². The second kappa shape index (κ2) is 11.7. The summed E-state index contributed by atoms with van der Waals surface area (Å²) in [7, 11) is 0. The first-order chi connectivity index (χ1) is 16.9. The maximum Gasteiger partial charge on any atom is 0.349 e. The maximum atomic E-state index is 12.9. The van der Waals surface area contributed by atoms with Crippen molar-refractivity contribution in [1.29, 1.82) is 0 Å². The molecule has 1 amide bonds. The molecular weight excluding hydrogens is 454 g/mol. The average molecular weight is 482 g/mol. The first kappa shape index (κ1) is 25.4. The summed E-state index contributed by atoms with van der Waals surface area (Å²) in [6, 6.07) is 8.99. The van der Waals surface area contributed by atoms with Gasteiger partial charge in [0, 0.05) is 18.0 Å². The zero-order chi connectivity index (χ0) is 25.4. The summed E-state index contributed by atoms with van der Waals surface area (Å²) in [6.07, 6.45) is 1.50. The minimum atomic E-state index is -0.809. The summed E-state index contributed by atoms with van der Waals surface area (Å²) in [5.41, 5.74) is -0.587. The molecule has 0 aliphatic heterocycles. The van der Waals surface area contributed by atoms with Crippen LogP contribution in [0.3, 0.4) is 0 Å². The smallest absolute Gasteiger partial charge is 0.349 e. The van der Waals surface area contributed by atoms with Crippen LogP contribution in [-0.2, 0) is 0 Å². The van der Waals surface area contributed by atoms with Gasteiger partial charge in [0.15, 0.2) is 11.5 Å². The van der Waals surface area contributed by atoms with Crippen LogP contribution in [0.4, 0.5) is 0 Å². The van der Waals surface area contributed by atoms with Gasteiger partial charge in [0.25, 0.3) is 5.91 Å². The fourth-order valence-corrected chi connectivity index (χ4v) is 3.25. The molecule has 1 aromatic heterocycles. The van der Waals surface area contributed by atoms with E-state index in [1.807, 2.05) is 20.8 Å². The number of rotatable bonds is 11. The van der Waals surface area contributed by atoms with E-state index >= 15 is 0 Å². The van der Waals surface area contributed by atoms with Gasteiger partial charge in [-0.25, -0.2) is 9.59 Å². The number of benzene rings is 2. The molecule has 0 unspecified atom stereocenters. The minimum Gasteiger partial charge on any atom is -0.490 e. The average Bonchev–Trinajstić information content (AvgIpc) is 2.84. The molecule has 1 heterocycles. The molecule has 3 rings (SSSR count). The third-order valence-electron chi connectivity index (χ3n) is 4.71. The highest BCUT2D eigenvalue weighted by molar-refractivity contribution is 5.97. The Bertz CT molecular complexity index is 1270. The van der Waals surface area contributed by atoms with E-state index in [1.165, 1.54) is 36.4 Å². The molecule has 1 N–H and O–H groups in total. The van der Waals surface area contributed by atoms with E-state index in [2.05, 4.69) is 11.9 Å². The topological polar surface area (TPSA) is 113 Å². The van der Waals surface area contributed by atoms with E-state index < -0.39 is 17.5 Å². The third-order valence-corrected chi connectivity index (χ3v) is 4.71. The second-order valence-electron chi connectivity index (χ2n) is 7.14. The molecule has 184 valence electrons. The molecule has 0 aliphatic carbocycles. The molecule has 0 aliphatic rings. The van der Waals surface area contributed by atoms with Gasteiger partial charge in [0.1, 0.15) is 16.9 Å². The number of carbonyl (C=O) groups excluding carboxylic acids is 2.